The van der Waals surface area contributed by atoms with Gasteiger partial charge in [0.1, 0.15) is 0 Å². The second-order valence-electron chi connectivity index (χ2n) is 4.99. The van der Waals surface area contributed by atoms with Gasteiger partial charge in [-0.3, -0.25) is 14.6 Å². The van der Waals surface area contributed by atoms with Gasteiger partial charge in [0.05, 0.1) is 18.4 Å². The Kier molecular flexibility index (Phi) is 5.06. The fourth-order valence-corrected chi connectivity index (χ4v) is 2.37. The molecule has 0 saturated carbocycles. The Bertz CT molecular complexity index is 458. The number of aromatic nitrogens is 1. The minimum absolute atomic E-state index is 0.0864. The standard InChI is InChI=1S/C14H19N3O3/c18-13(19)7-12(10-3-1-5-15-8-10)17-14(20)11-4-2-6-16-9-11/h1,3,5,8,11-12,16H,2,4,6-7,9H2,(H,17,20)(H,18,19). The van der Waals surface area contributed by atoms with E-state index in [2.05, 4.69) is 15.6 Å². The molecule has 1 aliphatic heterocycles. The summed E-state index contributed by atoms with van der Waals surface area (Å²) in [5.41, 5.74) is 0.715. The second kappa shape index (κ2) is 7.00. The number of hydrogen-bond donors (Lipinski definition) is 3. The van der Waals surface area contributed by atoms with Crippen LogP contribution in [0.1, 0.15) is 30.9 Å². The molecule has 2 rings (SSSR count). The highest BCUT2D eigenvalue weighted by atomic mass is 16.4. The highest BCUT2D eigenvalue weighted by molar-refractivity contribution is 5.80. The summed E-state index contributed by atoms with van der Waals surface area (Å²) in [4.78, 5) is 27.1. The first kappa shape index (κ1) is 14.5. The van der Waals surface area contributed by atoms with Crippen LogP contribution in [-0.4, -0.2) is 35.1 Å². The molecule has 2 atom stereocenters. The summed E-state index contributed by atoms with van der Waals surface area (Å²) in [6.45, 7) is 1.59. The third-order valence-electron chi connectivity index (χ3n) is 3.45. The van der Waals surface area contributed by atoms with Gasteiger partial charge in [0, 0.05) is 18.9 Å². The van der Waals surface area contributed by atoms with Gasteiger partial charge in [-0.1, -0.05) is 6.07 Å². The number of nitrogens with zero attached hydrogens (tertiary/aromatic N) is 1. The fourth-order valence-electron chi connectivity index (χ4n) is 2.37. The van der Waals surface area contributed by atoms with Crippen LogP contribution in [0.3, 0.4) is 0 Å². The van der Waals surface area contributed by atoms with Gasteiger partial charge in [0.2, 0.25) is 5.91 Å². The lowest BCUT2D eigenvalue weighted by molar-refractivity contribution is -0.138. The van der Waals surface area contributed by atoms with Gasteiger partial charge in [0.15, 0.2) is 0 Å². The minimum Gasteiger partial charge on any atom is -0.481 e. The number of hydrogen-bond acceptors (Lipinski definition) is 4. The molecule has 3 N–H and O–H groups in total. The van der Waals surface area contributed by atoms with E-state index in [9.17, 15) is 9.59 Å². The fraction of sp³-hybridized carbons (Fsp3) is 0.500. The van der Waals surface area contributed by atoms with E-state index in [0.717, 1.165) is 19.4 Å². The number of aliphatic carboxylic acids is 1. The number of pyridine rings is 1. The van der Waals surface area contributed by atoms with E-state index in [0.29, 0.717) is 12.1 Å². The molecule has 0 aliphatic carbocycles. The van der Waals surface area contributed by atoms with Gasteiger partial charge in [-0.15, -0.1) is 0 Å². The van der Waals surface area contributed by atoms with Crippen molar-refractivity contribution in [3.8, 4) is 0 Å². The van der Waals surface area contributed by atoms with Crippen LogP contribution >= 0.6 is 0 Å². The summed E-state index contributed by atoms with van der Waals surface area (Å²) in [5, 5.41) is 15.0. The third kappa shape index (κ3) is 4.03. The van der Waals surface area contributed by atoms with Crippen LogP contribution in [0.15, 0.2) is 24.5 Å². The molecule has 1 saturated heterocycles. The number of nitrogens with one attached hydrogen (secondary N) is 2. The number of carbonyl (C=O) groups excluding carboxylic acids is 1. The molecule has 0 bridgehead atoms. The zero-order valence-electron chi connectivity index (χ0n) is 11.2. The summed E-state index contributed by atoms with van der Waals surface area (Å²) >= 11 is 0. The van der Waals surface area contributed by atoms with Crippen molar-refractivity contribution < 1.29 is 14.7 Å². The maximum absolute atomic E-state index is 12.2. The van der Waals surface area contributed by atoms with Crippen molar-refractivity contribution in [2.24, 2.45) is 5.92 Å². The molecule has 1 aliphatic rings. The average Bonchev–Trinajstić information content (AvgIpc) is 2.48. The number of carbonyl (C=O) groups is 2. The van der Waals surface area contributed by atoms with E-state index in [4.69, 9.17) is 5.11 Å². The lowest BCUT2D eigenvalue weighted by Gasteiger charge is -2.25. The van der Waals surface area contributed by atoms with Gasteiger partial charge in [-0.2, -0.15) is 0 Å². The van der Waals surface area contributed by atoms with Gasteiger partial charge in [-0.25, -0.2) is 0 Å². The summed E-state index contributed by atoms with van der Waals surface area (Å²) in [7, 11) is 0. The zero-order valence-corrected chi connectivity index (χ0v) is 11.2. The first-order chi connectivity index (χ1) is 9.66. The van der Waals surface area contributed by atoms with Crippen molar-refractivity contribution >= 4 is 11.9 Å². The van der Waals surface area contributed by atoms with Gasteiger partial charge in [0.25, 0.3) is 0 Å². The normalized spacial score (nSPS) is 20.1. The molecule has 6 nitrogen and oxygen atoms in total. The SMILES string of the molecule is O=C(O)CC(NC(=O)C1CCCNC1)c1cccnc1. The van der Waals surface area contributed by atoms with E-state index in [1.807, 2.05) is 0 Å². The number of rotatable bonds is 5. The van der Waals surface area contributed by atoms with E-state index in [1.54, 1.807) is 24.5 Å². The number of carboxylic acid groups (broad SMARTS) is 1. The van der Waals surface area contributed by atoms with Crippen molar-refractivity contribution in [3.05, 3.63) is 30.1 Å². The second-order valence-corrected chi connectivity index (χ2v) is 4.99. The van der Waals surface area contributed by atoms with Crippen LogP contribution in [0.2, 0.25) is 0 Å². The maximum atomic E-state index is 12.2. The van der Waals surface area contributed by atoms with Crippen molar-refractivity contribution in [2.75, 3.05) is 13.1 Å². The third-order valence-corrected chi connectivity index (χ3v) is 3.45. The minimum atomic E-state index is -0.944. The van der Waals surface area contributed by atoms with Crippen LogP contribution in [0.5, 0.6) is 0 Å². The topological polar surface area (TPSA) is 91.3 Å². The lowest BCUT2D eigenvalue weighted by Crippen LogP contribution is -2.42. The summed E-state index contributed by atoms with van der Waals surface area (Å²) in [5.74, 6) is -1.12. The molecule has 1 fully saturated rings. The van der Waals surface area contributed by atoms with Crippen molar-refractivity contribution in [1.82, 2.24) is 15.6 Å². The van der Waals surface area contributed by atoms with E-state index in [1.165, 1.54) is 0 Å². The predicted molar refractivity (Wildman–Crippen MR) is 73.0 cm³/mol. The molecule has 108 valence electrons. The Hall–Kier alpha value is -1.95. The van der Waals surface area contributed by atoms with E-state index in [-0.39, 0.29) is 18.2 Å². The van der Waals surface area contributed by atoms with Crippen molar-refractivity contribution in [2.45, 2.75) is 25.3 Å². The Balaban J connectivity index is 2.03. The molecule has 1 aromatic rings. The van der Waals surface area contributed by atoms with Crippen LogP contribution in [0, 0.1) is 5.92 Å². The van der Waals surface area contributed by atoms with Gasteiger partial charge < -0.3 is 15.7 Å². The largest absolute Gasteiger partial charge is 0.481 e. The Morgan fingerprint density at radius 2 is 2.40 bits per heavy atom. The Morgan fingerprint density at radius 1 is 1.55 bits per heavy atom. The molecule has 2 heterocycles. The predicted octanol–water partition coefficient (Wildman–Crippen LogP) is 0.713. The monoisotopic (exact) mass is 277 g/mol. The van der Waals surface area contributed by atoms with E-state index < -0.39 is 12.0 Å². The number of carboxylic acids is 1. The quantitative estimate of drug-likeness (QED) is 0.737. The van der Waals surface area contributed by atoms with Crippen molar-refractivity contribution in [3.63, 3.8) is 0 Å². The molecule has 6 heteroatoms. The molecular formula is C14H19N3O3. The molecule has 20 heavy (non-hydrogen) atoms. The molecule has 1 amide bonds. The number of piperidine rings is 1. The van der Waals surface area contributed by atoms with E-state index >= 15 is 0 Å². The van der Waals surface area contributed by atoms with Crippen LogP contribution in [0.4, 0.5) is 0 Å². The highest BCUT2D eigenvalue weighted by Gasteiger charge is 2.25. The highest BCUT2D eigenvalue weighted by Crippen LogP contribution is 2.18. The Morgan fingerprint density at radius 3 is 3.00 bits per heavy atom. The van der Waals surface area contributed by atoms with Gasteiger partial charge in [-0.05, 0) is 31.0 Å². The molecule has 0 spiro atoms. The summed E-state index contributed by atoms with van der Waals surface area (Å²) < 4.78 is 0. The van der Waals surface area contributed by atoms with Crippen LogP contribution < -0.4 is 10.6 Å². The lowest BCUT2D eigenvalue weighted by atomic mass is 9.97. The molecule has 2 unspecified atom stereocenters. The average molecular weight is 277 g/mol. The molecule has 1 aromatic heterocycles. The zero-order chi connectivity index (χ0) is 14.4. The maximum Gasteiger partial charge on any atom is 0.305 e. The molecular weight excluding hydrogens is 258 g/mol. The van der Waals surface area contributed by atoms with Crippen molar-refractivity contribution in [1.29, 1.82) is 0 Å². The Labute approximate surface area is 117 Å². The van der Waals surface area contributed by atoms with Crippen LogP contribution in [0.25, 0.3) is 0 Å². The first-order valence-electron chi connectivity index (χ1n) is 6.79. The smallest absolute Gasteiger partial charge is 0.305 e. The summed E-state index contributed by atoms with van der Waals surface area (Å²) in [6.07, 6.45) is 4.87. The van der Waals surface area contributed by atoms with Crippen LogP contribution in [-0.2, 0) is 9.59 Å². The summed E-state index contributed by atoms with van der Waals surface area (Å²) in [6, 6.07) is 2.98. The first-order valence-corrected chi connectivity index (χ1v) is 6.79. The molecule has 0 radical (unpaired) electrons. The van der Waals surface area contributed by atoms with Gasteiger partial charge >= 0.3 is 5.97 Å². The number of amides is 1. The molecule has 0 aromatic carbocycles.